The van der Waals surface area contributed by atoms with E-state index in [9.17, 15) is 24.2 Å². The lowest BCUT2D eigenvalue weighted by Gasteiger charge is -2.20. The number of rotatable bonds is 40. The van der Waals surface area contributed by atoms with Gasteiger partial charge in [0.1, 0.15) is 12.7 Å². The molecule has 0 aromatic heterocycles. The van der Waals surface area contributed by atoms with Crippen molar-refractivity contribution in [1.29, 1.82) is 0 Å². The Balaban J connectivity index is 4.31. The number of hydrogen-bond acceptors (Lipinski definition) is 9. The van der Waals surface area contributed by atoms with Crippen LogP contribution in [0.5, 0.6) is 0 Å². The molecule has 0 saturated carbocycles. The van der Waals surface area contributed by atoms with E-state index in [0.717, 1.165) is 70.6 Å². The van der Waals surface area contributed by atoms with Gasteiger partial charge in [-0.05, 0) is 51.4 Å². The van der Waals surface area contributed by atoms with Crippen molar-refractivity contribution >= 4 is 19.8 Å². The number of aliphatic hydroxyl groups is 2. The zero-order valence-electron chi connectivity index (χ0n) is 34.2. The maximum Gasteiger partial charge on any atom is 0.472 e. The van der Waals surface area contributed by atoms with Gasteiger partial charge in [0, 0.05) is 12.8 Å². The lowest BCUT2D eigenvalue weighted by atomic mass is 10.0. The third-order valence-electron chi connectivity index (χ3n) is 9.05. The molecule has 0 heterocycles. The Labute approximate surface area is 329 Å². The molecule has 54 heavy (non-hydrogen) atoms. The summed E-state index contributed by atoms with van der Waals surface area (Å²) in [6.45, 7) is 2.34. The highest BCUT2D eigenvalue weighted by molar-refractivity contribution is 7.47. The molecule has 11 heteroatoms. The Hall–Kier alpha value is -1.81. The molecule has 0 aromatic carbocycles. The SMILES string of the molecule is CCCCC/C=C\C/C=C\C/C=C\CCCCCCCCC(=O)OC(COC(=O)CCCCCCCCCCCCCC)COP(=O)(O)OCC(O)CO. The van der Waals surface area contributed by atoms with Crippen LogP contribution in [0.2, 0.25) is 0 Å². The molecule has 0 aromatic rings. The Kier molecular flexibility index (Phi) is 38.1. The van der Waals surface area contributed by atoms with Crippen LogP contribution in [0.4, 0.5) is 0 Å². The quantitative estimate of drug-likeness (QED) is 0.0237. The van der Waals surface area contributed by atoms with E-state index in [0.29, 0.717) is 12.8 Å². The molecule has 316 valence electrons. The van der Waals surface area contributed by atoms with Gasteiger partial charge in [0.15, 0.2) is 6.10 Å². The molecule has 0 aliphatic heterocycles. The number of allylic oxidation sites excluding steroid dienone is 6. The topological polar surface area (TPSA) is 149 Å². The highest BCUT2D eigenvalue weighted by Gasteiger charge is 2.27. The Bertz CT molecular complexity index is 999. The molecule has 3 N–H and O–H groups in total. The number of hydrogen-bond donors (Lipinski definition) is 3. The van der Waals surface area contributed by atoms with Crippen LogP contribution in [0, 0.1) is 0 Å². The number of carbonyl (C=O) groups excluding carboxylic acids is 2. The number of unbranched alkanes of at least 4 members (excludes halogenated alkanes) is 20. The fourth-order valence-electron chi connectivity index (χ4n) is 5.71. The second-order valence-electron chi connectivity index (χ2n) is 14.4. The molecule has 0 fully saturated rings. The maximum atomic E-state index is 12.6. The fraction of sp³-hybridized carbons (Fsp3) is 0.814. The average molecular weight is 787 g/mol. The summed E-state index contributed by atoms with van der Waals surface area (Å²) in [5, 5.41) is 18.3. The number of phosphoric ester groups is 1. The van der Waals surface area contributed by atoms with Crippen LogP contribution in [0.3, 0.4) is 0 Å². The summed E-state index contributed by atoms with van der Waals surface area (Å²) in [6.07, 6.45) is 39.6. The first kappa shape index (κ1) is 52.2. The van der Waals surface area contributed by atoms with Gasteiger partial charge in [-0.3, -0.25) is 18.6 Å². The summed E-state index contributed by atoms with van der Waals surface area (Å²) in [4.78, 5) is 34.9. The number of carbonyl (C=O) groups is 2. The summed E-state index contributed by atoms with van der Waals surface area (Å²) in [5.41, 5.74) is 0. The van der Waals surface area contributed by atoms with Gasteiger partial charge in [0.05, 0.1) is 19.8 Å². The van der Waals surface area contributed by atoms with Crippen LogP contribution in [-0.4, -0.2) is 65.7 Å². The van der Waals surface area contributed by atoms with Gasteiger partial charge in [-0.25, -0.2) is 4.57 Å². The van der Waals surface area contributed by atoms with E-state index in [4.69, 9.17) is 19.1 Å². The van der Waals surface area contributed by atoms with Crippen LogP contribution in [-0.2, 0) is 32.7 Å². The van der Waals surface area contributed by atoms with Gasteiger partial charge in [-0.15, -0.1) is 0 Å². The molecule has 0 aliphatic rings. The molecule has 0 bridgehead atoms. The Morgan fingerprint density at radius 2 is 0.963 bits per heavy atom. The van der Waals surface area contributed by atoms with Crippen molar-refractivity contribution in [2.24, 2.45) is 0 Å². The number of aliphatic hydroxyl groups excluding tert-OH is 2. The third kappa shape index (κ3) is 38.5. The highest BCUT2D eigenvalue weighted by atomic mass is 31.2. The molecule has 0 rings (SSSR count). The molecule has 0 saturated heterocycles. The maximum absolute atomic E-state index is 12.6. The highest BCUT2D eigenvalue weighted by Crippen LogP contribution is 2.43. The van der Waals surface area contributed by atoms with E-state index >= 15 is 0 Å². The first-order valence-electron chi connectivity index (χ1n) is 21.4. The molecule has 0 aliphatic carbocycles. The van der Waals surface area contributed by atoms with Gasteiger partial charge < -0.3 is 24.6 Å². The van der Waals surface area contributed by atoms with E-state index in [1.807, 2.05) is 0 Å². The predicted molar refractivity (Wildman–Crippen MR) is 219 cm³/mol. The van der Waals surface area contributed by atoms with Crippen molar-refractivity contribution in [3.63, 3.8) is 0 Å². The lowest BCUT2D eigenvalue weighted by Crippen LogP contribution is -2.29. The summed E-state index contributed by atoms with van der Waals surface area (Å²) in [6, 6.07) is 0. The minimum absolute atomic E-state index is 0.171. The second kappa shape index (κ2) is 39.4. The van der Waals surface area contributed by atoms with Crippen LogP contribution >= 0.6 is 7.82 Å². The first-order chi connectivity index (χ1) is 26.2. The van der Waals surface area contributed by atoms with Crippen molar-refractivity contribution in [1.82, 2.24) is 0 Å². The van der Waals surface area contributed by atoms with Crippen molar-refractivity contribution in [3.05, 3.63) is 36.5 Å². The Morgan fingerprint density at radius 3 is 1.48 bits per heavy atom. The standard InChI is InChI=1S/C43H79O10P/c1-3-5-7-9-11-13-15-17-18-19-20-21-22-23-25-27-29-31-33-35-43(47)53-41(39-52-54(48,49)51-37-40(45)36-44)38-50-42(46)34-32-30-28-26-24-16-14-12-10-8-6-4-2/h11,13,17-18,20-21,40-41,44-45H,3-10,12,14-16,19,22-39H2,1-2H3,(H,48,49)/b13-11-,18-17-,21-20-. The van der Waals surface area contributed by atoms with Gasteiger partial charge in [-0.1, -0.05) is 159 Å². The van der Waals surface area contributed by atoms with E-state index < -0.39 is 51.8 Å². The molecule has 10 nitrogen and oxygen atoms in total. The monoisotopic (exact) mass is 787 g/mol. The van der Waals surface area contributed by atoms with Crippen molar-refractivity contribution in [3.8, 4) is 0 Å². The minimum atomic E-state index is -4.62. The molecule has 3 unspecified atom stereocenters. The summed E-state index contributed by atoms with van der Waals surface area (Å²) >= 11 is 0. The van der Waals surface area contributed by atoms with E-state index in [1.165, 1.54) is 77.0 Å². The largest absolute Gasteiger partial charge is 0.472 e. The van der Waals surface area contributed by atoms with Crippen LogP contribution in [0.1, 0.15) is 187 Å². The fourth-order valence-corrected chi connectivity index (χ4v) is 6.50. The molecular weight excluding hydrogens is 707 g/mol. The number of phosphoric acid groups is 1. The molecule has 0 amide bonds. The Morgan fingerprint density at radius 1 is 0.556 bits per heavy atom. The number of esters is 2. The summed E-state index contributed by atoms with van der Waals surface area (Å²) in [5.74, 6) is -0.936. The van der Waals surface area contributed by atoms with E-state index in [2.05, 4.69) is 54.8 Å². The van der Waals surface area contributed by atoms with Gasteiger partial charge in [0.2, 0.25) is 0 Å². The third-order valence-corrected chi connectivity index (χ3v) is 10.00. The second-order valence-corrected chi connectivity index (χ2v) is 15.8. The lowest BCUT2D eigenvalue weighted by molar-refractivity contribution is -0.161. The van der Waals surface area contributed by atoms with E-state index in [1.54, 1.807) is 0 Å². The molecular formula is C43H79O10P. The molecule has 3 atom stereocenters. The van der Waals surface area contributed by atoms with E-state index in [-0.39, 0.29) is 19.4 Å². The van der Waals surface area contributed by atoms with Crippen molar-refractivity contribution in [2.75, 3.05) is 26.4 Å². The van der Waals surface area contributed by atoms with Gasteiger partial charge >= 0.3 is 19.8 Å². The van der Waals surface area contributed by atoms with Crippen molar-refractivity contribution in [2.45, 2.75) is 199 Å². The van der Waals surface area contributed by atoms with Crippen LogP contribution in [0.25, 0.3) is 0 Å². The number of ether oxygens (including phenoxy) is 2. The van der Waals surface area contributed by atoms with Crippen molar-refractivity contribution < 1.29 is 47.8 Å². The zero-order valence-corrected chi connectivity index (χ0v) is 35.1. The zero-order chi connectivity index (χ0) is 39.8. The smallest absolute Gasteiger partial charge is 0.462 e. The molecule has 0 spiro atoms. The summed E-state index contributed by atoms with van der Waals surface area (Å²) < 4.78 is 32.7. The average Bonchev–Trinajstić information content (AvgIpc) is 3.16. The summed E-state index contributed by atoms with van der Waals surface area (Å²) in [7, 11) is -4.62. The predicted octanol–water partition coefficient (Wildman–Crippen LogP) is 11.2. The molecule has 0 radical (unpaired) electrons. The van der Waals surface area contributed by atoms with Gasteiger partial charge in [0.25, 0.3) is 0 Å². The normalized spacial score (nSPS) is 14.2. The van der Waals surface area contributed by atoms with Gasteiger partial charge in [-0.2, -0.15) is 0 Å². The van der Waals surface area contributed by atoms with Crippen LogP contribution < -0.4 is 0 Å². The first-order valence-corrected chi connectivity index (χ1v) is 22.9. The van der Waals surface area contributed by atoms with Crippen LogP contribution in [0.15, 0.2) is 36.5 Å². The minimum Gasteiger partial charge on any atom is -0.462 e.